The van der Waals surface area contributed by atoms with E-state index in [1.807, 2.05) is 54.6 Å². The summed E-state index contributed by atoms with van der Waals surface area (Å²) >= 11 is 0. The molecule has 2 rings (SSSR count). The second-order valence-electron chi connectivity index (χ2n) is 4.14. The molecule has 0 heterocycles. The topological polar surface area (TPSA) is 61.4 Å². The van der Waals surface area contributed by atoms with E-state index in [4.69, 9.17) is 5.11 Å². The van der Waals surface area contributed by atoms with Crippen molar-refractivity contribution < 1.29 is 9.90 Å². The van der Waals surface area contributed by atoms with Crippen molar-refractivity contribution in [3.8, 4) is 0 Å². The molecule has 0 fully saturated rings. The summed E-state index contributed by atoms with van der Waals surface area (Å²) in [4.78, 5) is 10.4. The molecule has 0 aliphatic rings. The van der Waals surface area contributed by atoms with Crippen LogP contribution in [0.4, 0.5) is 17.1 Å². The molecule has 98 valence electrons. The number of rotatable bonds is 6. The van der Waals surface area contributed by atoms with Gasteiger partial charge in [-0.05, 0) is 36.4 Å². The summed E-state index contributed by atoms with van der Waals surface area (Å²) in [5.74, 6) is -0.796. The normalized spacial score (nSPS) is 9.89. The number of hydrogen-bond acceptors (Lipinski definition) is 3. The van der Waals surface area contributed by atoms with E-state index in [0.717, 1.165) is 17.1 Å². The quantitative estimate of drug-likeness (QED) is 0.742. The van der Waals surface area contributed by atoms with Gasteiger partial charge in [-0.25, -0.2) is 0 Å². The van der Waals surface area contributed by atoms with Gasteiger partial charge in [0.05, 0.1) is 6.42 Å². The van der Waals surface area contributed by atoms with Crippen molar-refractivity contribution in [3.63, 3.8) is 0 Å². The zero-order valence-electron chi connectivity index (χ0n) is 10.5. The largest absolute Gasteiger partial charge is 0.481 e. The summed E-state index contributed by atoms with van der Waals surface area (Å²) in [6.07, 6.45) is 0.115. The van der Waals surface area contributed by atoms with Crippen LogP contribution < -0.4 is 10.6 Å². The Kier molecular flexibility index (Phi) is 4.39. The van der Waals surface area contributed by atoms with E-state index in [0.29, 0.717) is 6.54 Å². The fourth-order valence-corrected chi connectivity index (χ4v) is 1.67. The van der Waals surface area contributed by atoms with Crippen LogP contribution in [0.15, 0.2) is 54.6 Å². The van der Waals surface area contributed by atoms with Gasteiger partial charge >= 0.3 is 5.97 Å². The van der Waals surface area contributed by atoms with Gasteiger partial charge in [-0.3, -0.25) is 4.79 Å². The lowest BCUT2D eigenvalue weighted by molar-refractivity contribution is -0.136. The van der Waals surface area contributed by atoms with Crippen LogP contribution >= 0.6 is 0 Å². The molecule has 0 unspecified atom stereocenters. The number of carboxylic acids is 1. The molecule has 4 nitrogen and oxygen atoms in total. The van der Waals surface area contributed by atoms with Crippen LogP contribution in [0.25, 0.3) is 0 Å². The minimum absolute atomic E-state index is 0.115. The van der Waals surface area contributed by atoms with Gasteiger partial charge in [-0.15, -0.1) is 0 Å². The highest BCUT2D eigenvalue weighted by Gasteiger charge is 1.97. The van der Waals surface area contributed by atoms with Gasteiger partial charge in [0.1, 0.15) is 0 Å². The first-order valence-electron chi connectivity index (χ1n) is 6.12. The minimum atomic E-state index is -0.796. The molecular weight excluding hydrogens is 240 g/mol. The van der Waals surface area contributed by atoms with Gasteiger partial charge in [0.2, 0.25) is 0 Å². The van der Waals surface area contributed by atoms with E-state index >= 15 is 0 Å². The van der Waals surface area contributed by atoms with Crippen LogP contribution in [0.2, 0.25) is 0 Å². The second-order valence-corrected chi connectivity index (χ2v) is 4.14. The van der Waals surface area contributed by atoms with E-state index in [-0.39, 0.29) is 6.42 Å². The molecule has 2 aromatic carbocycles. The molecule has 0 radical (unpaired) electrons. The third-order valence-electron chi connectivity index (χ3n) is 2.62. The monoisotopic (exact) mass is 256 g/mol. The van der Waals surface area contributed by atoms with E-state index in [1.165, 1.54) is 0 Å². The number of nitrogens with one attached hydrogen (secondary N) is 2. The third-order valence-corrected chi connectivity index (χ3v) is 2.62. The van der Waals surface area contributed by atoms with E-state index < -0.39 is 5.97 Å². The van der Waals surface area contributed by atoms with Crippen molar-refractivity contribution in [3.05, 3.63) is 54.6 Å². The average Bonchev–Trinajstić information content (AvgIpc) is 2.42. The van der Waals surface area contributed by atoms with Gasteiger partial charge in [0.25, 0.3) is 0 Å². The SMILES string of the molecule is O=C(O)CCNc1ccc(Nc2ccccc2)cc1. The summed E-state index contributed by atoms with van der Waals surface area (Å²) in [5.41, 5.74) is 2.95. The summed E-state index contributed by atoms with van der Waals surface area (Å²) in [6.45, 7) is 0.431. The summed E-state index contributed by atoms with van der Waals surface area (Å²) in [6, 6.07) is 17.7. The molecule has 0 bridgehead atoms. The molecule has 0 aromatic heterocycles. The first kappa shape index (κ1) is 13.0. The Morgan fingerprint density at radius 1 is 0.895 bits per heavy atom. The number of benzene rings is 2. The van der Waals surface area contributed by atoms with Crippen LogP contribution in [0.3, 0.4) is 0 Å². The molecule has 0 aliphatic heterocycles. The maximum Gasteiger partial charge on any atom is 0.305 e. The van der Waals surface area contributed by atoms with Crippen LogP contribution in [-0.4, -0.2) is 17.6 Å². The van der Waals surface area contributed by atoms with Crippen LogP contribution in [0.5, 0.6) is 0 Å². The Morgan fingerprint density at radius 2 is 1.47 bits per heavy atom. The van der Waals surface area contributed by atoms with Gasteiger partial charge < -0.3 is 15.7 Å². The zero-order chi connectivity index (χ0) is 13.5. The number of carboxylic acid groups (broad SMARTS) is 1. The molecule has 0 amide bonds. The van der Waals surface area contributed by atoms with E-state index in [9.17, 15) is 4.79 Å². The lowest BCUT2D eigenvalue weighted by atomic mass is 10.2. The maximum atomic E-state index is 10.4. The number of para-hydroxylation sites is 1. The van der Waals surface area contributed by atoms with Crippen molar-refractivity contribution in [1.82, 2.24) is 0 Å². The average molecular weight is 256 g/mol. The molecule has 0 atom stereocenters. The second kappa shape index (κ2) is 6.44. The smallest absolute Gasteiger partial charge is 0.305 e. The lowest BCUT2D eigenvalue weighted by Gasteiger charge is -2.08. The van der Waals surface area contributed by atoms with E-state index in [1.54, 1.807) is 0 Å². The Hall–Kier alpha value is -2.49. The molecular formula is C15H16N2O2. The van der Waals surface area contributed by atoms with Gasteiger partial charge in [0, 0.05) is 23.6 Å². The summed E-state index contributed by atoms with van der Waals surface area (Å²) in [7, 11) is 0. The molecule has 0 aliphatic carbocycles. The van der Waals surface area contributed by atoms with Gasteiger partial charge in [0.15, 0.2) is 0 Å². The van der Waals surface area contributed by atoms with Gasteiger partial charge in [-0.2, -0.15) is 0 Å². The molecule has 2 aromatic rings. The third kappa shape index (κ3) is 4.35. The van der Waals surface area contributed by atoms with Crippen molar-refractivity contribution in [2.75, 3.05) is 17.2 Å². The molecule has 0 saturated carbocycles. The zero-order valence-corrected chi connectivity index (χ0v) is 10.5. The lowest BCUT2D eigenvalue weighted by Crippen LogP contribution is -2.07. The fraction of sp³-hybridized carbons (Fsp3) is 0.133. The predicted molar refractivity (Wildman–Crippen MR) is 76.9 cm³/mol. The number of aliphatic carboxylic acids is 1. The fourth-order valence-electron chi connectivity index (χ4n) is 1.67. The molecule has 0 spiro atoms. The van der Waals surface area contributed by atoms with Crippen LogP contribution in [-0.2, 0) is 4.79 Å². The highest BCUT2D eigenvalue weighted by atomic mass is 16.4. The first-order valence-corrected chi connectivity index (χ1v) is 6.12. The van der Waals surface area contributed by atoms with Crippen molar-refractivity contribution in [2.45, 2.75) is 6.42 Å². The van der Waals surface area contributed by atoms with Crippen LogP contribution in [0.1, 0.15) is 6.42 Å². The Balaban J connectivity index is 1.89. The highest BCUT2D eigenvalue weighted by Crippen LogP contribution is 2.18. The molecule has 3 N–H and O–H groups in total. The number of hydrogen-bond donors (Lipinski definition) is 3. The van der Waals surface area contributed by atoms with Crippen LogP contribution in [0, 0.1) is 0 Å². The minimum Gasteiger partial charge on any atom is -0.481 e. The first-order chi connectivity index (χ1) is 9.24. The summed E-state index contributed by atoms with van der Waals surface area (Å²) < 4.78 is 0. The summed E-state index contributed by atoms with van der Waals surface area (Å²) in [5, 5.41) is 14.9. The van der Waals surface area contributed by atoms with Crippen molar-refractivity contribution in [1.29, 1.82) is 0 Å². The van der Waals surface area contributed by atoms with Gasteiger partial charge in [-0.1, -0.05) is 18.2 Å². The Bertz CT molecular complexity index is 524. The number of anilines is 3. The number of carbonyl (C=O) groups is 1. The molecule has 0 saturated heterocycles. The Labute approximate surface area is 112 Å². The standard InChI is InChI=1S/C15H16N2O2/c18-15(19)10-11-16-12-6-8-14(9-7-12)17-13-4-2-1-3-5-13/h1-9,16-17H,10-11H2,(H,18,19). The van der Waals surface area contributed by atoms with Crippen molar-refractivity contribution in [2.24, 2.45) is 0 Å². The van der Waals surface area contributed by atoms with E-state index in [2.05, 4.69) is 10.6 Å². The maximum absolute atomic E-state index is 10.4. The predicted octanol–water partition coefficient (Wildman–Crippen LogP) is 3.32. The highest BCUT2D eigenvalue weighted by molar-refractivity contribution is 5.67. The van der Waals surface area contributed by atoms with Crippen molar-refractivity contribution >= 4 is 23.0 Å². The molecule has 4 heteroatoms. The Morgan fingerprint density at radius 3 is 2.11 bits per heavy atom. The molecule has 19 heavy (non-hydrogen) atoms.